The lowest BCUT2D eigenvalue weighted by Gasteiger charge is -2.17. The largest absolute Gasteiger partial charge is 0.457 e. The highest BCUT2D eigenvalue weighted by molar-refractivity contribution is 6.35. The van der Waals surface area contributed by atoms with Gasteiger partial charge in [-0.3, -0.25) is 14.4 Å². The van der Waals surface area contributed by atoms with Crippen molar-refractivity contribution in [3.63, 3.8) is 0 Å². The number of nitrogens with one attached hydrogen (secondary N) is 1. The van der Waals surface area contributed by atoms with Crippen molar-refractivity contribution < 1.29 is 19.1 Å². The second kappa shape index (κ2) is 7.00. The Kier molecular flexibility index (Phi) is 4.29. The van der Waals surface area contributed by atoms with Crippen LogP contribution in [0.3, 0.4) is 0 Å². The summed E-state index contributed by atoms with van der Waals surface area (Å²) in [7, 11) is 0. The Morgan fingerprint density at radius 2 is 1.50 bits per heavy atom. The topological polar surface area (TPSA) is 75.7 Å². The van der Waals surface area contributed by atoms with Crippen molar-refractivity contribution in [2.75, 3.05) is 10.2 Å². The van der Waals surface area contributed by atoms with E-state index in [1.165, 1.54) is 0 Å². The van der Waals surface area contributed by atoms with E-state index in [9.17, 15) is 14.4 Å². The highest BCUT2D eigenvalue weighted by Crippen LogP contribution is 2.34. The van der Waals surface area contributed by atoms with Gasteiger partial charge in [0.25, 0.3) is 11.8 Å². The van der Waals surface area contributed by atoms with Crippen molar-refractivity contribution >= 4 is 40.7 Å². The number of imide groups is 1. The molecule has 2 aliphatic rings. The molecule has 0 spiro atoms. The number of ether oxygens (including phenoxy) is 1. The number of halogens is 1. The lowest BCUT2D eigenvalue weighted by atomic mass is 10.0. The van der Waals surface area contributed by atoms with Crippen molar-refractivity contribution in [2.45, 2.75) is 12.8 Å². The van der Waals surface area contributed by atoms with Crippen molar-refractivity contribution in [1.82, 2.24) is 0 Å². The smallest absolute Gasteiger partial charge is 0.266 e. The molecule has 3 aromatic rings. The predicted octanol–water partition coefficient (Wildman–Crippen LogP) is 4.82. The van der Waals surface area contributed by atoms with Gasteiger partial charge in [0.15, 0.2) is 0 Å². The molecule has 3 aromatic carbocycles. The third-order valence-corrected chi connectivity index (χ3v) is 5.41. The van der Waals surface area contributed by atoms with Crippen molar-refractivity contribution in [2.24, 2.45) is 0 Å². The minimum Gasteiger partial charge on any atom is -0.457 e. The van der Waals surface area contributed by atoms with Crippen molar-refractivity contribution in [1.29, 1.82) is 0 Å². The molecule has 0 unspecified atom stereocenters. The molecule has 0 atom stereocenters. The molecule has 0 saturated heterocycles. The highest BCUT2D eigenvalue weighted by Gasteiger charge is 2.37. The fourth-order valence-corrected chi connectivity index (χ4v) is 3.78. The Morgan fingerprint density at radius 3 is 2.30 bits per heavy atom. The number of hydrogen-bond donors (Lipinski definition) is 1. The van der Waals surface area contributed by atoms with Gasteiger partial charge < -0.3 is 10.1 Å². The van der Waals surface area contributed by atoms with Gasteiger partial charge in [0.05, 0.1) is 16.8 Å². The molecule has 0 aromatic heterocycles. The average Bonchev–Trinajstić information content (AvgIpc) is 2.98. The number of carbonyl (C=O) groups excluding carboxylic acids is 3. The average molecular weight is 419 g/mol. The maximum Gasteiger partial charge on any atom is 0.266 e. The van der Waals surface area contributed by atoms with Gasteiger partial charge in [-0.25, -0.2) is 4.90 Å². The highest BCUT2D eigenvalue weighted by atomic mass is 35.5. The fraction of sp³-hybridized carbons (Fsp3) is 0.0870. The molecule has 1 N–H and O–H groups in total. The van der Waals surface area contributed by atoms with E-state index in [2.05, 4.69) is 5.32 Å². The quantitative estimate of drug-likeness (QED) is 0.619. The molecule has 0 saturated carbocycles. The summed E-state index contributed by atoms with van der Waals surface area (Å²) in [6, 6.07) is 16.8. The fourth-order valence-electron chi connectivity index (χ4n) is 3.66. The zero-order valence-corrected chi connectivity index (χ0v) is 16.4. The van der Waals surface area contributed by atoms with Crippen LogP contribution in [0.2, 0.25) is 5.02 Å². The Hall–Kier alpha value is -3.64. The zero-order chi connectivity index (χ0) is 20.8. The van der Waals surface area contributed by atoms with Gasteiger partial charge in [0.1, 0.15) is 11.5 Å². The first-order valence-corrected chi connectivity index (χ1v) is 9.76. The summed E-state index contributed by atoms with van der Waals surface area (Å²) in [5.74, 6) is 0.126. The first-order valence-electron chi connectivity index (χ1n) is 9.38. The molecule has 2 aliphatic heterocycles. The van der Waals surface area contributed by atoms with E-state index in [0.717, 1.165) is 16.2 Å². The van der Waals surface area contributed by atoms with Crippen molar-refractivity contribution in [3.8, 4) is 11.5 Å². The van der Waals surface area contributed by atoms with E-state index in [4.69, 9.17) is 16.3 Å². The SMILES string of the molecule is O=C1CCc2ccc(Oc3ccc4c(c3)C(=O)N(c3ccc(Cl)cc3)C4=O)cc2N1. The van der Waals surface area contributed by atoms with Crippen LogP contribution in [0.4, 0.5) is 11.4 Å². The van der Waals surface area contributed by atoms with E-state index in [1.54, 1.807) is 48.5 Å². The van der Waals surface area contributed by atoms with Crippen LogP contribution in [0.25, 0.3) is 0 Å². The second-order valence-electron chi connectivity index (χ2n) is 7.10. The molecule has 0 bridgehead atoms. The minimum atomic E-state index is -0.416. The second-order valence-corrected chi connectivity index (χ2v) is 7.54. The van der Waals surface area contributed by atoms with Crippen molar-refractivity contribution in [3.05, 3.63) is 82.4 Å². The third kappa shape index (κ3) is 3.11. The van der Waals surface area contributed by atoms with Gasteiger partial charge in [-0.05, 0) is 60.5 Å². The predicted molar refractivity (Wildman–Crippen MR) is 113 cm³/mol. The van der Waals surface area contributed by atoms with Crippen LogP contribution in [0.15, 0.2) is 60.7 Å². The number of amides is 3. The minimum absolute atomic E-state index is 0.0245. The first kappa shape index (κ1) is 18.4. The number of benzene rings is 3. The summed E-state index contributed by atoms with van der Waals surface area (Å²) in [5.41, 5.74) is 2.83. The maximum atomic E-state index is 12.9. The van der Waals surface area contributed by atoms with E-state index >= 15 is 0 Å². The van der Waals surface area contributed by atoms with E-state index in [1.807, 2.05) is 12.1 Å². The van der Waals surface area contributed by atoms with Crippen LogP contribution < -0.4 is 15.0 Å². The molecule has 0 fully saturated rings. The van der Waals surface area contributed by atoms with Gasteiger partial charge in [-0.15, -0.1) is 0 Å². The first-order chi connectivity index (χ1) is 14.5. The number of anilines is 2. The lowest BCUT2D eigenvalue weighted by Crippen LogP contribution is -2.29. The number of fused-ring (bicyclic) bond motifs is 2. The Labute approximate surface area is 177 Å². The van der Waals surface area contributed by atoms with Gasteiger partial charge in [-0.2, -0.15) is 0 Å². The molecule has 5 rings (SSSR count). The van der Waals surface area contributed by atoms with Crippen LogP contribution in [0, 0.1) is 0 Å². The number of nitrogens with zero attached hydrogens (tertiary/aromatic N) is 1. The summed E-state index contributed by atoms with van der Waals surface area (Å²) < 4.78 is 5.89. The van der Waals surface area contributed by atoms with Crippen LogP contribution >= 0.6 is 11.6 Å². The molecule has 7 heteroatoms. The molecule has 148 valence electrons. The molecular weight excluding hydrogens is 404 g/mol. The maximum absolute atomic E-state index is 12.9. The van der Waals surface area contributed by atoms with Crippen LogP contribution in [0.1, 0.15) is 32.7 Å². The molecule has 30 heavy (non-hydrogen) atoms. The summed E-state index contributed by atoms with van der Waals surface area (Å²) in [6.07, 6.45) is 1.16. The Morgan fingerprint density at radius 1 is 0.800 bits per heavy atom. The summed E-state index contributed by atoms with van der Waals surface area (Å²) in [4.78, 5) is 38.4. The Bertz CT molecular complexity index is 1220. The van der Waals surface area contributed by atoms with Crippen LogP contribution in [-0.4, -0.2) is 17.7 Å². The van der Waals surface area contributed by atoms with Crippen LogP contribution in [-0.2, 0) is 11.2 Å². The van der Waals surface area contributed by atoms with Gasteiger partial charge in [0.2, 0.25) is 5.91 Å². The van der Waals surface area contributed by atoms with E-state index < -0.39 is 5.91 Å². The summed E-state index contributed by atoms with van der Waals surface area (Å²) in [6.45, 7) is 0. The van der Waals surface area contributed by atoms with E-state index in [-0.39, 0.29) is 17.4 Å². The Balaban J connectivity index is 1.43. The van der Waals surface area contributed by atoms with Gasteiger partial charge in [0, 0.05) is 23.2 Å². The number of rotatable bonds is 3. The monoisotopic (exact) mass is 418 g/mol. The lowest BCUT2D eigenvalue weighted by molar-refractivity contribution is -0.116. The molecule has 6 nitrogen and oxygen atoms in total. The summed E-state index contributed by atoms with van der Waals surface area (Å²) in [5, 5.41) is 3.36. The number of hydrogen-bond acceptors (Lipinski definition) is 4. The van der Waals surface area contributed by atoms with Gasteiger partial charge >= 0.3 is 0 Å². The van der Waals surface area contributed by atoms with Gasteiger partial charge in [-0.1, -0.05) is 17.7 Å². The molecule has 0 radical (unpaired) electrons. The molecular formula is C23H15ClN2O4. The zero-order valence-electron chi connectivity index (χ0n) is 15.6. The van der Waals surface area contributed by atoms with E-state index in [0.29, 0.717) is 40.6 Å². The molecule has 0 aliphatic carbocycles. The number of aryl methyl sites for hydroxylation is 1. The standard InChI is InChI=1S/C23H15ClN2O4/c24-14-3-5-15(6-4-14)26-22(28)18-9-8-16(11-19(18)23(26)29)30-17-7-1-13-2-10-21(27)25-20(13)12-17/h1,3-9,11-12H,2,10H2,(H,25,27). The summed E-state index contributed by atoms with van der Waals surface area (Å²) >= 11 is 5.90. The molecule has 3 amide bonds. The normalized spacial score (nSPS) is 15.0. The third-order valence-electron chi connectivity index (χ3n) is 5.16. The molecule has 2 heterocycles. The number of carbonyl (C=O) groups is 3. The van der Waals surface area contributed by atoms with Crippen LogP contribution in [0.5, 0.6) is 11.5 Å².